The Balaban J connectivity index is 3.35. The molecule has 0 spiro atoms. The highest BCUT2D eigenvalue weighted by atomic mass is 32.2. The Bertz CT molecular complexity index is 281. The fourth-order valence-electron chi connectivity index (χ4n) is 1.64. The van der Waals surface area contributed by atoms with Crippen molar-refractivity contribution in [3.8, 4) is 0 Å². The van der Waals surface area contributed by atoms with Gasteiger partial charge in [0.25, 0.3) is 0 Å². The summed E-state index contributed by atoms with van der Waals surface area (Å²) in [5.74, 6) is -0.431. The first-order valence-electron chi connectivity index (χ1n) is 6.15. The maximum Gasteiger partial charge on any atom is 0.154 e. The first-order chi connectivity index (χ1) is 7.45. The second-order valence-corrected chi connectivity index (χ2v) is 6.62. The molecule has 0 amide bonds. The molecule has 0 saturated carbocycles. The van der Waals surface area contributed by atoms with E-state index in [1.165, 1.54) is 25.7 Å². The third kappa shape index (κ3) is 11.7. The van der Waals surface area contributed by atoms with Gasteiger partial charge in [-0.3, -0.25) is 4.79 Å². The molecule has 0 atom stereocenters. The Labute approximate surface area is 99.5 Å². The van der Waals surface area contributed by atoms with Crippen LogP contribution in [0.15, 0.2) is 0 Å². The van der Waals surface area contributed by atoms with Gasteiger partial charge in [-0.25, -0.2) is 8.42 Å². The van der Waals surface area contributed by atoms with E-state index in [4.69, 9.17) is 0 Å². The van der Waals surface area contributed by atoms with Gasteiger partial charge in [-0.2, -0.15) is 0 Å². The normalized spacial score (nSPS) is 11.6. The molecule has 96 valence electrons. The van der Waals surface area contributed by atoms with Crippen molar-refractivity contribution >= 4 is 15.6 Å². The first-order valence-corrected chi connectivity index (χ1v) is 8.21. The number of unbranched alkanes of at least 4 members (excludes halogenated alkanes) is 6. The van der Waals surface area contributed by atoms with E-state index in [1.54, 1.807) is 0 Å². The molecule has 4 heteroatoms. The standard InChI is InChI=1S/C12H24O3S/c1-3-4-5-6-7-8-9-10-12(13)11-16(2,14)15/h3-11H2,1-2H3. The third-order valence-electron chi connectivity index (χ3n) is 2.48. The second kappa shape index (κ2) is 8.74. The van der Waals surface area contributed by atoms with Gasteiger partial charge in [0, 0.05) is 12.7 Å². The summed E-state index contributed by atoms with van der Waals surface area (Å²) in [4.78, 5) is 11.2. The molecule has 0 rings (SSSR count). The fraction of sp³-hybridized carbons (Fsp3) is 0.917. The number of Topliss-reactive ketones (excluding diaryl/α,β-unsaturated/α-hetero) is 1. The van der Waals surface area contributed by atoms with Gasteiger partial charge in [0.1, 0.15) is 11.5 Å². The van der Waals surface area contributed by atoms with Gasteiger partial charge in [-0.05, 0) is 6.42 Å². The van der Waals surface area contributed by atoms with Crippen molar-refractivity contribution in [1.82, 2.24) is 0 Å². The highest BCUT2D eigenvalue weighted by molar-refractivity contribution is 7.91. The van der Waals surface area contributed by atoms with Crippen LogP contribution in [0.3, 0.4) is 0 Å². The van der Waals surface area contributed by atoms with Crippen molar-refractivity contribution in [1.29, 1.82) is 0 Å². The maximum atomic E-state index is 11.2. The Morgan fingerprint density at radius 1 is 0.938 bits per heavy atom. The summed E-state index contributed by atoms with van der Waals surface area (Å²) < 4.78 is 21.7. The number of carbonyl (C=O) groups excluding carboxylic acids is 1. The van der Waals surface area contributed by atoms with Crippen molar-refractivity contribution in [3.05, 3.63) is 0 Å². The van der Waals surface area contributed by atoms with E-state index in [0.717, 1.165) is 25.5 Å². The zero-order chi connectivity index (χ0) is 12.4. The lowest BCUT2D eigenvalue weighted by Gasteiger charge is -2.01. The predicted octanol–water partition coefficient (Wildman–Crippen LogP) is 2.74. The van der Waals surface area contributed by atoms with E-state index in [2.05, 4.69) is 6.92 Å². The summed E-state index contributed by atoms with van der Waals surface area (Å²) in [7, 11) is -3.13. The predicted molar refractivity (Wildman–Crippen MR) is 67.3 cm³/mol. The lowest BCUT2D eigenvalue weighted by atomic mass is 10.1. The van der Waals surface area contributed by atoms with E-state index >= 15 is 0 Å². The fourth-order valence-corrected chi connectivity index (χ4v) is 2.37. The largest absolute Gasteiger partial charge is 0.299 e. The molecule has 0 aliphatic heterocycles. The molecule has 0 fully saturated rings. The molecule has 0 saturated heterocycles. The number of ketones is 1. The van der Waals surface area contributed by atoms with Crippen LogP contribution in [0.25, 0.3) is 0 Å². The van der Waals surface area contributed by atoms with Crippen LogP contribution in [-0.2, 0) is 14.6 Å². The van der Waals surface area contributed by atoms with Crippen LogP contribution in [0.5, 0.6) is 0 Å². The Kier molecular flexibility index (Phi) is 8.53. The molecule has 0 unspecified atom stereocenters. The van der Waals surface area contributed by atoms with Gasteiger partial charge in [-0.15, -0.1) is 0 Å². The summed E-state index contributed by atoms with van der Waals surface area (Å²) in [6.07, 6.45) is 9.59. The van der Waals surface area contributed by atoms with Gasteiger partial charge in [0.15, 0.2) is 9.84 Å². The van der Waals surface area contributed by atoms with Crippen molar-refractivity contribution in [2.45, 2.75) is 58.3 Å². The van der Waals surface area contributed by atoms with Crippen LogP contribution >= 0.6 is 0 Å². The molecule has 0 N–H and O–H groups in total. The Morgan fingerprint density at radius 2 is 1.44 bits per heavy atom. The summed E-state index contributed by atoms with van der Waals surface area (Å²) >= 11 is 0. The summed E-state index contributed by atoms with van der Waals surface area (Å²) in [5, 5.41) is 0. The average Bonchev–Trinajstić information content (AvgIpc) is 2.13. The van der Waals surface area contributed by atoms with Crippen molar-refractivity contribution in [2.24, 2.45) is 0 Å². The number of sulfone groups is 1. The first kappa shape index (κ1) is 15.6. The quantitative estimate of drug-likeness (QED) is 0.559. The Morgan fingerprint density at radius 3 is 1.94 bits per heavy atom. The van der Waals surface area contributed by atoms with Crippen LogP contribution in [0.4, 0.5) is 0 Å². The van der Waals surface area contributed by atoms with E-state index in [9.17, 15) is 13.2 Å². The average molecular weight is 248 g/mol. The SMILES string of the molecule is CCCCCCCCCC(=O)CS(C)(=O)=O. The van der Waals surface area contributed by atoms with Crippen LogP contribution in [0.1, 0.15) is 58.3 Å². The second-order valence-electron chi connectivity index (χ2n) is 4.48. The molecule has 0 aromatic heterocycles. The van der Waals surface area contributed by atoms with Crippen LogP contribution in [0.2, 0.25) is 0 Å². The van der Waals surface area contributed by atoms with Crippen molar-refractivity contribution < 1.29 is 13.2 Å². The minimum Gasteiger partial charge on any atom is -0.299 e. The molecule has 0 heterocycles. The van der Waals surface area contributed by atoms with Gasteiger partial charge < -0.3 is 0 Å². The Hall–Kier alpha value is -0.380. The smallest absolute Gasteiger partial charge is 0.154 e. The monoisotopic (exact) mass is 248 g/mol. The van der Waals surface area contributed by atoms with Crippen molar-refractivity contribution in [3.63, 3.8) is 0 Å². The topological polar surface area (TPSA) is 51.2 Å². The number of hydrogen-bond donors (Lipinski definition) is 0. The molecule has 0 radical (unpaired) electrons. The minimum absolute atomic E-state index is 0.143. The minimum atomic E-state index is -3.13. The zero-order valence-electron chi connectivity index (χ0n) is 10.5. The number of hydrogen-bond acceptors (Lipinski definition) is 3. The summed E-state index contributed by atoms with van der Waals surface area (Å²) in [6, 6.07) is 0. The van der Waals surface area contributed by atoms with E-state index in [-0.39, 0.29) is 11.5 Å². The summed E-state index contributed by atoms with van der Waals surface area (Å²) in [5.41, 5.74) is 0. The van der Waals surface area contributed by atoms with Crippen LogP contribution in [0, 0.1) is 0 Å². The molecule has 0 bridgehead atoms. The van der Waals surface area contributed by atoms with E-state index in [0.29, 0.717) is 6.42 Å². The molecular formula is C12H24O3S. The maximum absolute atomic E-state index is 11.2. The highest BCUT2D eigenvalue weighted by Gasteiger charge is 2.09. The van der Waals surface area contributed by atoms with Gasteiger partial charge in [-0.1, -0.05) is 45.4 Å². The van der Waals surface area contributed by atoms with Gasteiger partial charge in [0.05, 0.1) is 0 Å². The lowest BCUT2D eigenvalue weighted by Crippen LogP contribution is -2.13. The number of carbonyl (C=O) groups is 1. The molecule has 0 aliphatic rings. The van der Waals surface area contributed by atoms with Crippen LogP contribution in [-0.4, -0.2) is 26.2 Å². The molecule has 16 heavy (non-hydrogen) atoms. The summed E-state index contributed by atoms with van der Waals surface area (Å²) in [6.45, 7) is 2.18. The molecule has 0 aromatic rings. The van der Waals surface area contributed by atoms with Gasteiger partial charge in [0.2, 0.25) is 0 Å². The highest BCUT2D eigenvalue weighted by Crippen LogP contribution is 2.08. The zero-order valence-corrected chi connectivity index (χ0v) is 11.3. The molecule has 0 aliphatic carbocycles. The van der Waals surface area contributed by atoms with E-state index < -0.39 is 9.84 Å². The molecule has 0 aromatic carbocycles. The molecule has 3 nitrogen and oxygen atoms in total. The van der Waals surface area contributed by atoms with Crippen LogP contribution < -0.4 is 0 Å². The third-order valence-corrected chi connectivity index (χ3v) is 3.33. The van der Waals surface area contributed by atoms with Crippen molar-refractivity contribution in [2.75, 3.05) is 12.0 Å². The van der Waals surface area contributed by atoms with Gasteiger partial charge >= 0.3 is 0 Å². The molecular weight excluding hydrogens is 224 g/mol. The lowest BCUT2D eigenvalue weighted by molar-refractivity contribution is -0.116. The van der Waals surface area contributed by atoms with E-state index in [1.807, 2.05) is 0 Å². The number of rotatable bonds is 10.